The lowest BCUT2D eigenvalue weighted by molar-refractivity contribution is -0.406. The topological polar surface area (TPSA) is 146 Å². The van der Waals surface area contributed by atoms with Crippen molar-refractivity contribution in [3.8, 4) is 5.75 Å². The van der Waals surface area contributed by atoms with E-state index >= 15 is 0 Å². The predicted molar refractivity (Wildman–Crippen MR) is 106 cm³/mol. The quantitative estimate of drug-likeness (QED) is 0.385. The van der Waals surface area contributed by atoms with Crippen LogP contribution in [0.5, 0.6) is 5.75 Å². The van der Waals surface area contributed by atoms with E-state index in [2.05, 4.69) is 16.4 Å². The lowest BCUT2D eigenvalue weighted by atomic mass is 10.0. The summed E-state index contributed by atoms with van der Waals surface area (Å²) >= 11 is 0. The van der Waals surface area contributed by atoms with Crippen LogP contribution >= 0.6 is 0 Å². The largest absolute Gasteiger partial charge is 0.548 e. The molecule has 0 aliphatic rings. The third-order valence-electron chi connectivity index (χ3n) is 4.44. The summed E-state index contributed by atoms with van der Waals surface area (Å²) < 4.78 is 0. The molecule has 1 aromatic carbocycles. The number of aromatic hydroxyl groups is 1. The maximum atomic E-state index is 12.8. The number of phenols is 1. The Balaban J connectivity index is 2.98. The molecule has 3 atom stereocenters. The third kappa shape index (κ3) is 8.95. The molecule has 8 heteroatoms. The van der Waals surface area contributed by atoms with Crippen molar-refractivity contribution in [2.75, 3.05) is 0 Å². The van der Waals surface area contributed by atoms with Gasteiger partial charge in [0.15, 0.2) is 6.04 Å². The van der Waals surface area contributed by atoms with Gasteiger partial charge in [-0.25, -0.2) is 0 Å². The van der Waals surface area contributed by atoms with Crippen molar-refractivity contribution in [1.82, 2.24) is 10.6 Å². The molecular formula is C21H33N3O5. The van der Waals surface area contributed by atoms with Gasteiger partial charge in [0.25, 0.3) is 5.91 Å². The first-order chi connectivity index (χ1) is 13.5. The van der Waals surface area contributed by atoms with E-state index in [-0.39, 0.29) is 36.3 Å². The molecule has 0 aliphatic carbocycles. The van der Waals surface area contributed by atoms with Crippen molar-refractivity contribution in [3.05, 3.63) is 29.8 Å². The first kappa shape index (κ1) is 24.4. The molecule has 0 aromatic heterocycles. The highest BCUT2D eigenvalue weighted by molar-refractivity contribution is 5.91. The van der Waals surface area contributed by atoms with E-state index in [0.29, 0.717) is 12.0 Å². The minimum absolute atomic E-state index is 0.0404. The Kier molecular flexibility index (Phi) is 9.61. The van der Waals surface area contributed by atoms with Crippen molar-refractivity contribution in [2.45, 2.75) is 65.1 Å². The SMILES string of the molecule is CC(C)C[C@H](NC(=O)[C@H](Cc1ccc(O)cc1)NC(=O)[C@@H]([NH3+])CC(C)C)C(=O)[O-]. The smallest absolute Gasteiger partial charge is 0.278 e. The fraction of sp³-hybridized carbons (Fsp3) is 0.571. The molecule has 0 spiro atoms. The van der Waals surface area contributed by atoms with Crippen LogP contribution in [0.1, 0.15) is 46.1 Å². The number of aliphatic carboxylic acids is 1. The van der Waals surface area contributed by atoms with Crippen LogP contribution in [0.25, 0.3) is 0 Å². The summed E-state index contributed by atoms with van der Waals surface area (Å²) in [6.45, 7) is 7.64. The average Bonchev–Trinajstić information content (AvgIpc) is 2.61. The third-order valence-corrected chi connectivity index (χ3v) is 4.44. The van der Waals surface area contributed by atoms with Crippen LogP contribution in [-0.4, -0.2) is 41.0 Å². The number of amides is 2. The molecule has 1 aromatic rings. The Hall–Kier alpha value is -2.61. The standard InChI is InChI=1S/C21H33N3O5/c1-12(2)9-16(22)19(26)23-17(11-14-5-7-15(25)8-6-14)20(27)24-18(21(28)29)10-13(3)4/h5-8,12-13,16-18,25H,9-11,22H2,1-4H3,(H,23,26)(H,24,27)(H,28,29)/t16-,17-,18-/m0/s1. The number of nitrogens with one attached hydrogen (secondary N) is 2. The summed E-state index contributed by atoms with van der Waals surface area (Å²) in [5.41, 5.74) is 4.57. The minimum atomic E-state index is -1.36. The summed E-state index contributed by atoms with van der Waals surface area (Å²) in [5, 5.41) is 26.0. The molecule has 0 aliphatic heterocycles. The van der Waals surface area contributed by atoms with Crippen LogP contribution in [-0.2, 0) is 20.8 Å². The van der Waals surface area contributed by atoms with Gasteiger partial charge in [0.1, 0.15) is 11.8 Å². The van der Waals surface area contributed by atoms with Crippen molar-refractivity contribution in [1.29, 1.82) is 0 Å². The number of carbonyl (C=O) groups excluding carboxylic acids is 3. The second-order valence-electron chi connectivity index (χ2n) is 8.27. The average molecular weight is 408 g/mol. The van der Waals surface area contributed by atoms with Crippen LogP contribution in [0.3, 0.4) is 0 Å². The van der Waals surface area contributed by atoms with Crippen LogP contribution in [0.2, 0.25) is 0 Å². The second-order valence-corrected chi connectivity index (χ2v) is 8.27. The van der Waals surface area contributed by atoms with E-state index in [4.69, 9.17) is 0 Å². The molecule has 6 N–H and O–H groups in total. The summed E-state index contributed by atoms with van der Waals surface area (Å²) in [6.07, 6.45) is 0.932. The molecule has 0 unspecified atom stereocenters. The van der Waals surface area contributed by atoms with Crippen molar-refractivity contribution < 1.29 is 30.3 Å². The number of carboxylic acids is 1. The van der Waals surface area contributed by atoms with E-state index in [1.54, 1.807) is 12.1 Å². The number of carbonyl (C=O) groups is 3. The van der Waals surface area contributed by atoms with Gasteiger partial charge >= 0.3 is 0 Å². The zero-order chi connectivity index (χ0) is 22.1. The molecule has 8 nitrogen and oxygen atoms in total. The van der Waals surface area contributed by atoms with Gasteiger partial charge in [0.05, 0.1) is 12.0 Å². The molecule has 29 heavy (non-hydrogen) atoms. The lowest BCUT2D eigenvalue weighted by Gasteiger charge is -2.26. The maximum Gasteiger partial charge on any atom is 0.278 e. The molecule has 0 saturated heterocycles. The van der Waals surface area contributed by atoms with Gasteiger partial charge in [0.2, 0.25) is 5.91 Å². The highest BCUT2D eigenvalue weighted by Crippen LogP contribution is 2.12. The zero-order valence-corrected chi connectivity index (χ0v) is 17.6. The number of hydrogen-bond acceptors (Lipinski definition) is 5. The number of rotatable bonds is 11. The van der Waals surface area contributed by atoms with Crippen molar-refractivity contribution >= 4 is 17.8 Å². The number of carboxylic acid groups (broad SMARTS) is 1. The number of quaternary nitrogens is 1. The molecular weight excluding hydrogens is 374 g/mol. The summed E-state index contributed by atoms with van der Waals surface area (Å²) in [5.74, 6) is -1.94. The molecule has 2 amide bonds. The second kappa shape index (κ2) is 11.4. The Bertz CT molecular complexity index is 688. The van der Waals surface area contributed by atoms with Crippen LogP contribution in [0.4, 0.5) is 0 Å². The molecule has 0 fully saturated rings. The lowest BCUT2D eigenvalue weighted by Crippen LogP contribution is -2.69. The summed E-state index contributed by atoms with van der Waals surface area (Å²) in [6, 6.07) is 3.60. The van der Waals surface area contributed by atoms with E-state index in [1.165, 1.54) is 12.1 Å². The number of hydrogen-bond donors (Lipinski definition) is 4. The monoisotopic (exact) mass is 407 g/mol. The van der Waals surface area contributed by atoms with Gasteiger partial charge in [-0.2, -0.15) is 0 Å². The first-order valence-corrected chi connectivity index (χ1v) is 9.92. The van der Waals surface area contributed by atoms with Gasteiger partial charge in [-0.1, -0.05) is 39.8 Å². The molecule has 0 saturated carbocycles. The Morgan fingerprint density at radius 2 is 1.45 bits per heavy atom. The fourth-order valence-electron chi connectivity index (χ4n) is 3.00. The number of benzene rings is 1. The van der Waals surface area contributed by atoms with Crippen LogP contribution in [0, 0.1) is 11.8 Å². The van der Waals surface area contributed by atoms with E-state index in [1.807, 2.05) is 27.7 Å². The Morgan fingerprint density at radius 3 is 1.93 bits per heavy atom. The normalized spacial score (nSPS) is 14.3. The Labute approximate surface area is 171 Å². The predicted octanol–water partition coefficient (Wildman–Crippen LogP) is -0.643. The molecule has 0 heterocycles. The van der Waals surface area contributed by atoms with Crippen LogP contribution in [0.15, 0.2) is 24.3 Å². The van der Waals surface area contributed by atoms with Gasteiger partial charge in [-0.15, -0.1) is 0 Å². The highest BCUT2D eigenvalue weighted by atomic mass is 16.4. The Morgan fingerprint density at radius 1 is 0.931 bits per heavy atom. The zero-order valence-electron chi connectivity index (χ0n) is 17.6. The van der Waals surface area contributed by atoms with E-state index in [0.717, 1.165) is 0 Å². The van der Waals surface area contributed by atoms with Gasteiger partial charge in [-0.3, -0.25) is 9.59 Å². The van der Waals surface area contributed by atoms with Crippen molar-refractivity contribution in [3.63, 3.8) is 0 Å². The van der Waals surface area contributed by atoms with E-state index < -0.39 is 30.0 Å². The van der Waals surface area contributed by atoms with Gasteiger partial charge in [-0.05, 0) is 36.0 Å². The fourth-order valence-corrected chi connectivity index (χ4v) is 3.00. The van der Waals surface area contributed by atoms with E-state index in [9.17, 15) is 24.6 Å². The molecule has 0 radical (unpaired) electrons. The van der Waals surface area contributed by atoms with Crippen LogP contribution < -0.4 is 21.5 Å². The maximum absolute atomic E-state index is 12.8. The van der Waals surface area contributed by atoms with Gasteiger partial charge < -0.3 is 31.4 Å². The highest BCUT2D eigenvalue weighted by Gasteiger charge is 2.28. The summed E-state index contributed by atoms with van der Waals surface area (Å²) in [4.78, 5) is 36.7. The molecule has 162 valence electrons. The first-order valence-electron chi connectivity index (χ1n) is 9.92. The minimum Gasteiger partial charge on any atom is -0.548 e. The molecule has 0 bridgehead atoms. The van der Waals surface area contributed by atoms with Gasteiger partial charge in [0, 0.05) is 12.8 Å². The van der Waals surface area contributed by atoms with Crippen molar-refractivity contribution in [2.24, 2.45) is 11.8 Å². The molecule has 1 rings (SSSR count). The summed E-state index contributed by atoms with van der Waals surface area (Å²) in [7, 11) is 0. The number of phenolic OH excluding ortho intramolecular Hbond substituents is 1.